The first kappa shape index (κ1) is 25.0. The highest BCUT2D eigenvalue weighted by Crippen LogP contribution is 2.25. The number of carbonyl (C=O) groups excluding carboxylic acids is 3. The predicted molar refractivity (Wildman–Crippen MR) is 128 cm³/mol. The first-order valence-electron chi connectivity index (χ1n) is 12.4. The molecule has 0 radical (unpaired) electrons. The number of halogens is 1. The van der Waals surface area contributed by atoms with Gasteiger partial charge in [0, 0.05) is 49.9 Å². The van der Waals surface area contributed by atoms with Gasteiger partial charge in [0.2, 0.25) is 11.8 Å². The molecular formula is C27H32FN3O4. The number of pyridine rings is 1. The van der Waals surface area contributed by atoms with Crippen LogP contribution in [0.25, 0.3) is 0 Å². The number of benzene rings is 1. The number of amides is 2. The molecule has 2 aromatic rings. The van der Waals surface area contributed by atoms with Crippen molar-refractivity contribution in [2.45, 2.75) is 63.7 Å². The molecule has 2 fully saturated rings. The smallest absolute Gasteiger partial charge is 0.242 e. The molecule has 2 amide bonds. The van der Waals surface area contributed by atoms with Crippen LogP contribution in [0, 0.1) is 5.82 Å². The number of rotatable bonds is 8. The summed E-state index contributed by atoms with van der Waals surface area (Å²) in [5, 5.41) is 0. The molecule has 0 unspecified atom stereocenters. The number of hydrogen-bond donors (Lipinski definition) is 0. The molecule has 7 nitrogen and oxygen atoms in total. The Morgan fingerprint density at radius 1 is 1.03 bits per heavy atom. The average molecular weight is 482 g/mol. The van der Waals surface area contributed by atoms with Gasteiger partial charge >= 0.3 is 0 Å². The Hall–Kier alpha value is -3.13. The van der Waals surface area contributed by atoms with Crippen molar-refractivity contribution >= 4 is 17.6 Å². The van der Waals surface area contributed by atoms with E-state index in [1.54, 1.807) is 12.4 Å². The fraction of sp³-hybridized carbons (Fsp3) is 0.481. The standard InChI is InChI=1S/C27H32FN3O4/c28-22-10-8-21(9-11-22)25(32)12-13-26(33)30-16-24(35-19-20-5-4-14-29-15-20)17-31(27(34)18-30)23-6-2-1-3-7-23/h4-5,8-11,14-15,23-24H,1-3,6-7,12-13,16-19H2/t24-/m0/s1. The third-order valence-electron chi connectivity index (χ3n) is 6.78. The monoisotopic (exact) mass is 481 g/mol. The van der Waals surface area contributed by atoms with Crippen LogP contribution in [-0.4, -0.2) is 64.2 Å². The molecule has 0 N–H and O–H groups in total. The SMILES string of the molecule is O=C(CCC(=O)N1CC(=O)N(C2CCCCC2)C[C@@H](OCc2cccnc2)C1)c1ccc(F)cc1. The van der Waals surface area contributed by atoms with Crippen LogP contribution in [0.1, 0.15) is 60.9 Å². The lowest BCUT2D eigenvalue weighted by Crippen LogP contribution is -2.46. The molecular weight excluding hydrogens is 449 g/mol. The molecule has 1 saturated carbocycles. The molecule has 1 saturated heterocycles. The molecule has 1 aliphatic carbocycles. The highest BCUT2D eigenvalue weighted by molar-refractivity contribution is 5.98. The maximum absolute atomic E-state index is 13.2. The van der Waals surface area contributed by atoms with Crippen molar-refractivity contribution in [2.24, 2.45) is 0 Å². The van der Waals surface area contributed by atoms with Gasteiger partial charge in [0.25, 0.3) is 0 Å². The van der Waals surface area contributed by atoms with Crippen LogP contribution >= 0.6 is 0 Å². The van der Waals surface area contributed by atoms with Crippen molar-refractivity contribution in [3.63, 3.8) is 0 Å². The van der Waals surface area contributed by atoms with Crippen molar-refractivity contribution in [1.29, 1.82) is 0 Å². The Morgan fingerprint density at radius 2 is 1.80 bits per heavy atom. The largest absolute Gasteiger partial charge is 0.370 e. The van der Waals surface area contributed by atoms with Gasteiger partial charge in [-0.2, -0.15) is 0 Å². The normalized spacial score (nSPS) is 19.5. The summed E-state index contributed by atoms with van der Waals surface area (Å²) in [5.41, 5.74) is 1.29. The van der Waals surface area contributed by atoms with E-state index in [9.17, 15) is 18.8 Å². The van der Waals surface area contributed by atoms with Gasteiger partial charge in [0.15, 0.2) is 5.78 Å². The lowest BCUT2D eigenvalue weighted by molar-refractivity contribution is -0.140. The minimum absolute atomic E-state index is 0.00268. The van der Waals surface area contributed by atoms with Crippen LogP contribution in [0.4, 0.5) is 4.39 Å². The second-order valence-electron chi connectivity index (χ2n) is 9.34. The fourth-order valence-corrected chi connectivity index (χ4v) is 4.84. The summed E-state index contributed by atoms with van der Waals surface area (Å²) in [6.45, 7) is 1.07. The van der Waals surface area contributed by atoms with Crippen LogP contribution < -0.4 is 0 Å². The van der Waals surface area contributed by atoms with Crippen LogP contribution in [-0.2, 0) is 20.9 Å². The zero-order valence-corrected chi connectivity index (χ0v) is 19.9. The summed E-state index contributed by atoms with van der Waals surface area (Å²) in [6, 6.07) is 9.24. The van der Waals surface area contributed by atoms with E-state index in [0.29, 0.717) is 25.3 Å². The van der Waals surface area contributed by atoms with E-state index in [1.165, 1.54) is 35.6 Å². The third-order valence-corrected chi connectivity index (χ3v) is 6.78. The average Bonchev–Trinajstić information content (AvgIpc) is 3.06. The molecule has 186 valence electrons. The van der Waals surface area contributed by atoms with E-state index in [1.807, 2.05) is 17.0 Å². The third kappa shape index (κ3) is 6.94. The number of ketones is 1. The van der Waals surface area contributed by atoms with Crippen LogP contribution in [0.2, 0.25) is 0 Å². The fourth-order valence-electron chi connectivity index (χ4n) is 4.84. The first-order valence-corrected chi connectivity index (χ1v) is 12.4. The molecule has 2 aliphatic rings. The van der Waals surface area contributed by atoms with Crippen LogP contribution in [0.5, 0.6) is 0 Å². The summed E-state index contributed by atoms with van der Waals surface area (Å²) in [4.78, 5) is 46.3. The number of Topliss-reactive ketones (excluding diaryl/α,β-unsaturated/α-hetero) is 1. The summed E-state index contributed by atoms with van der Waals surface area (Å²) >= 11 is 0. The highest BCUT2D eigenvalue weighted by atomic mass is 19.1. The number of nitrogens with zero attached hydrogens (tertiary/aromatic N) is 3. The summed E-state index contributed by atoms with van der Waals surface area (Å²) in [7, 11) is 0. The first-order chi connectivity index (χ1) is 17.0. The van der Waals surface area contributed by atoms with Gasteiger partial charge in [-0.05, 0) is 48.7 Å². The molecule has 1 atom stereocenters. The van der Waals surface area contributed by atoms with E-state index in [0.717, 1.165) is 31.2 Å². The van der Waals surface area contributed by atoms with Crippen molar-refractivity contribution < 1.29 is 23.5 Å². The quantitative estimate of drug-likeness (QED) is 0.536. The van der Waals surface area contributed by atoms with Crippen LogP contribution in [0.3, 0.4) is 0 Å². The molecule has 8 heteroatoms. The van der Waals surface area contributed by atoms with Crippen molar-refractivity contribution in [1.82, 2.24) is 14.8 Å². The zero-order valence-electron chi connectivity index (χ0n) is 19.9. The van der Waals surface area contributed by atoms with E-state index >= 15 is 0 Å². The molecule has 4 rings (SSSR count). The van der Waals surface area contributed by atoms with E-state index in [2.05, 4.69) is 4.98 Å². The summed E-state index contributed by atoms with van der Waals surface area (Å²) < 4.78 is 19.3. The van der Waals surface area contributed by atoms with Gasteiger partial charge in [-0.3, -0.25) is 19.4 Å². The van der Waals surface area contributed by atoms with Gasteiger partial charge in [0.05, 0.1) is 19.3 Å². The Balaban J connectivity index is 1.42. The van der Waals surface area contributed by atoms with Crippen molar-refractivity contribution in [3.8, 4) is 0 Å². The Kier molecular flexibility index (Phi) is 8.58. The molecule has 0 spiro atoms. The minimum Gasteiger partial charge on any atom is -0.370 e. The van der Waals surface area contributed by atoms with Gasteiger partial charge in [-0.15, -0.1) is 0 Å². The van der Waals surface area contributed by atoms with Gasteiger partial charge in [0.1, 0.15) is 5.82 Å². The minimum atomic E-state index is -0.416. The molecule has 1 aromatic carbocycles. The number of aromatic nitrogens is 1. The lowest BCUT2D eigenvalue weighted by atomic mass is 9.94. The molecule has 1 aliphatic heterocycles. The number of carbonyl (C=O) groups is 3. The Labute approximate surface area is 205 Å². The summed E-state index contributed by atoms with van der Waals surface area (Å²) in [6.07, 6.45) is 8.43. The topological polar surface area (TPSA) is 79.8 Å². The zero-order chi connectivity index (χ0) is 24.6. The highest BCUT2D eigenvalue weighted by Gasteiger charge is 2.34. The lowest BCUT2D eigenvalue weighted by Gasteiger charge is -2.34. The Bertz CT molecular complexity index is 1010. The Morgan fingerprint density at radius 3 is 2.51 bits per heavy atom. The van der Waals surface area contributed by atoms with Crippen molar-refractivity contribution in [2.75, 3.05) is 19.6 Å². The van der Waals surface area contributed by atoms with Crippen molar-refractivity contribution in [3.05, 3.63) is 65.7 Å². The van der Waals surface area contributed by atoms with Gasteiger partial charge < -0.3 is 14.5 Å². The number of hydrogen-bond acceptors (Lipinski definition) is 5. The van der Waals surface area contributed by atoms with E-state index in [4.69, 9.17) is 4.74 Å². The molecule has 0 bridgehead atoms. The molecule has 2 heterocycles. The number of ether oxygens (including phenoxy) is 1. The second kappa shape index (κ2) is 12.0. The maximum atomic E-state index is 13.2. The maximum Gasteiger partial charge on any atom is 0.242 e. The van der Waals surface area contributed by atoms with Gasteiger partial charge in [-0.1, -0.05) is 25.3 Å². The van der Waals surface area contributed by atoms with Crippen LogP contribution in [0.15, 0.2) is 48.8 Å². The van der Waals surface area contributed by atoms with Gasteiger partial charge in [-0.25, -0.2) is 4.39 Å². The molecule has 1 aromatic heterocycles. The second-order valence-corrected chi connectivity index (χ2v) is 9.34. The predicted octanol–water partition coefficient (Wildman–Crippen LogP) is 3.77. The summed E-state index contributed by atoms with van der Waals surface area (Å²) in [5.74, 6) is -0.967. The molecule has 35 heavy (non-hydrogen) atoms. The van der Waals surface area contributed by atoms with E-state index in [-0.39, 0.29) is 49.1 Å². The van der Waals surface area contributed by atoms with E-state index < -0.39 is 5.82 Å².